The van der Waals surface area contributed by atoms with E-state index in [0.29, 0.717) is 18.9 Å². The molecule has 3 fully saturated rings. The largest absolute Gasteiger partial charge is 0.355 e. The van der Waals surface area contributed by atoms with Crippen molar-refractivity contribution in [3.8, 4) is 0 Å². The SMILES string of the molecule is CN1CCC(C2CCN(C(=O)CCNC(=O)C3CCCCC3)C2)CC1. The van der Waals surface area contributed by atoms with E-state index in [9.17, 15) is 9.59 Å². The molecule has 142 valence electrons. The van der Waals surface area contributed by atoms with Crippen molar-refractivity contribution >= 4 is 11.8 Å². The molecule has 3 rings (SSSR count). The molecule has 1 saturated carbocycles. The highest BCUT2D eigenvalue weighted by Gasteiger charge is 2.33. The van der Waals surface area contributed by atoms with Gasteiger partial charge in [0.15, 0.2) is 0 Å². The standard InChI is InChI=1S/C20H35N3O2/c1-22-12-8-16(9-13-22)18-10-14-23(15-18)19(24)7-11-21-20(25)17-5-3-2-4-6-17/h16-18H,2-15H2,1H3,(H,21,25). The summed E-state index contributed by atoms with van der Waals surface area (Å²) in [7, 11) is 2.20. The minimum atomic E-state index is 0.165. The van der Waals surface area contributed by atoms with Crippen LogP contribution in [0.3, 0.4) is 0 Å². The van der Waals surface area contributed by atoms with E-state index in [-0.39, 0.29) is 17.7 Å². The second-order valence-electron chi connectivity index (χ2n) is 8.41. The van der Waals surface area contributed by atoms with Crippen molar-refractivity contribution in [2.24, 2.45) is 17.8 Å². The molecular formula is C20H35N3O2. The Balaban J connectivity index is 1.34. The molecule has 5 nitrogen and oxygen atoms in total. The highest BCUT2D eigenvalue weighted by Crippen LogP contribution is 2.31. The van der Waals surface area contributed by atoms with Crippen LogP contribution in [0.1, 0.15) is 57.8 Å². The normalized spacial score (nSPS) is 26.8. The summed E-state index contributed by atoms with van der Waals surface area (Å²) in [6.45, 7) is 4.74. The number of carbonyl (C=O) groups is 2. The van der Waals surface area contributed by atoms with Gasteiger partial charge in [0.2, 0.25) is 11.8 Å². The Morgan fingerprint density at radius 2 is 1.60 bits per heavy atom. The summed E-state index contributed by atoms with van der Waals surface area (Å²) in [5, 5.41) is 2.99. The smallest absolute Gasteiger partial charge is 0.224 e. The molecule has 0 aromatic heterocycles. The average molecular weight is 350 g/mol. The predicted octanol–water partition coefficient (Wildman–Crippen LogP) is 2.26. The first-order chi connectivity index (χ1) is 12.1. The maximum absolute atomic E-state index is 12.4. The van der Waals surface area contributed by atoms with E-state index >= 15 is 0 Å². The third-order valence-electron chi connectivity index (χ3n) is 6.62. The molecule has 25 heavy (non-hydrogen) atoms. The van der Waals surface area contributed by atoms with Crippen LogP contribution in [0.4, 0.5) is 0 Å². The molecule has 1 aliphatic carbocycles. The number of likely N-dealkylation sites (tertiary alicyclic amines) is 2. The fourth-order valence-corrected chi connectivity index (χ4v) is 4.86. The van der Waals surface area contributed by atoms with Crippen molar-refractivity contribution in [2.75, 3.05) is 39.8 Å². The topological polar surface area (TPSA) is 52.6 Å². The molecule has 2 amide bonds. The summed E-state index contributed by atoms with van der Waals surface area (Å²) in [4.78, 5) is 29.0. The Kier molecular flexibility index (Phi) is 6.74. The van der Waals surface area contributed by atoms with Crippen LogP contribution in [0.2, 0.25) is 0 Å². The fourth-order valence-electron chi connectivity index (χ4n) is 4.86. The summed E-state index contributed by atoms with van der Waals surface area (Å²) in [5.41, 5.74) is 0. The zero-order valence-electron chi connectivity index (χ0n) is 15.8. The minimum absolute atomic E-state index is 0.165. The lowest BCUT2D eigenvalue weighted by atomic mass is 9.84. The number of amides is 2. The van der Waals surface area contributed by atoms with Crippen molar-refractivity contribution in [2.45, 2.75) is 57.8 Å². The molecule has 0 aromatic rings. The molecule has 0 bridgehead atoms. The van der Waals surface area contributed by atoms with Gasteiger partial charge in [0, 0.05) is 32.0 Å². The number of piperidine rings is 1. The van der Waals surface area contributed by atoms with Crippen molar-refractivity contribution in [1.82, 2.24) is 15.1 Å². The molecule has 2 aliphatic heterocycles. The predicted molar refractivity (Wildman–Crippen MR) is 99.1 cm³/mol. The molecule has 0 aromatic carbocycles. The van der Waals surface area contributed by atoms with Gasteiger partial charge in [-0.25, -0.2) is 0 Å². The average Bonchev–Trinajstić information content (AvgIpc) is 3.13. The highest BCUT2D eigenvalue weighted by molar-refractivity contribution is 5.80. The van der Waals surface area contributed by atoms with Crippen molar-refractivity contribution in [1.29, 1.82) is 0 Å². The van der Waals surface area contributed by atoms with Crippen molar-refractivity contribution < 1.29 is 9.59 Å². The zero-order valence-corrected chi connectivity index (χ0v) is 15.8. The second-order valence-corrected chi connectivity index (χ2v) is 8.41. The molecule has 1 unspecified atom stereocenters. The number of nitrogens with one attached hydrogen (secondary N) is 1. The molecule has 1 N–H and O–H groups in total. The molecule has 3 aliphatic rings. The summed E-state index contributed by atoms with van der Waals surface area (Å²) in [6, 6.07) is 0. The van der Waals surface area contributed by atoms with E-state index in [1.807, 2.05) is 4.90 Å². The van der Waals surface area contributed by atoms with Crippen LogP contribution in [-0.4, -0.2) is 61.4 Å². The van der Waals surface area contributed by atoms with Crippen LogP contribution in [0.25, 0.3) is 0 Å². The van der Waals surface area contributed by atoms with Gasteiger partial charge >= 0.3 is 0 Å². The van der Waals surface area contributed by atoms with Crippen LogP contribution < -0.4 is 5.32 Å². The summed E-state index contributed by atoms with van der Waals surface area (Å²) >= 11 is 0. The van der Waals surface area contributed by atoms with Gasteiger partial charge < -0.3 is 15.1 Å². The molecular weight excluding hydrogens is 314 g/mol. The van der Waals surface area contributed by atoms with E-state index in [0.717, 1.165) is 38.3 Å². The first kappa shape index (κ1) is 18.7. The lowest BCUT2D eigenvalue weighted by Crippen LogP contribution is -2.37. The monoisotopic (exact) mass is 349 g/mol. The van der Waals surface area contributed by atoms with Gasteiger partial charge in [0.1, 0.15) is 0 Å². The first-order valence-electron chi connectivity index (χ1n) is 10.4. The lowest BCUT2D eigenvalue weighted by molar-refractivity contribution is -0.130. The third kappa shape index (κ3) is 5.19. The van der Waals surface area contributed by atoms with Gasteiger partial charge in [-0.15, -0.1) is 0 Å². The number of hydrogen-bond donors (Lipinski definition) is 1. The maximum atomic E-state index is 12.4. The van der Waals surface area contributed by atoms with Gasteiger partial charge in [-0.3, -0.25) is 9.59 Å². The van der Waals surface area contributed by atoms with Crippen LogP contribution >= 0.6 is 0 Å². The van der Waals surface area contributed by atoms with Crippen molar-refractivity contribution in [3.05, 3.63) is 0 Å². The Morgan fingerprint density at radius 1 is 0.920 bits per heavy atom. The lowest BCUT2D eigenvalue weighted by Gasteiger charge is -2.32. The van der Waals surface area contributed by atoms with Crippen LogP contribution in [0, 0.1) is 17.8 Å². The summed E-state index contributed by atoms with van der Waals surface area (Å²) in [5.74, 6) is 2.05. The van der Waals surface area contributed by atoms with Crippen LogP contribution in [0.5, 0.6) is 0 Å². The van der Waals surface area contributed by atoms with Gasteiger partial charge in [-0.1, -0.05) is 19.3 Å². The van der Waals surface area contributed by atoms with Crippen LogP contribution in [-0.2, 0) is 9.59 Å². The number of carbonyl (C=O) groups excluding carboxylic acids is 2. The third-order valence-corrected chi connectivity index (χ3v) is 6.62. The molecule has 0 radical (unpaired) electrons. The molecule has 1 atom stereocenters. The van der Waals surface area contributed by atoms with Gasteiger partial charge in [0.25, 0.3) is 0 Å². The fraction of sp³-hybridized carbons (Fsp3) is 0.900. The van der Waals surface area contributed by atoms with E-state index < -0.39 is 0 Å². The van der Waals surface area contributed by atoms with Crippen molar-refractivity contribution in [3.63, 3.8) is 0 Å². The Bertz CT molecular complexity index is 454. The second kappa shape index (κ2) is 9.02. The first-order valence-corrected chi connectivity index (χ1v) is 10.4. The Labute approximate surface area is 152 Å². The molecule has 2 saturated heterocycles. The molecule has 5 heteroatoms. The minimum Gasteiger partial charge on any atom is -0.355 e. The molecule has 0 spiro atoms. The Hall–Kier alpha value is -1.10. The van der Waals surface area contributed by atoms with Gasteiger partial charge in [0.05, 0.1) is 0 Å². The number of nitrogens with zero attached hydrogens (tertiary/aromatic N) is 2. The van der Waals surface area contributed by atoms with Gasteiger partial charge in [-0.05, 0) is 64.1 Å². The number of rotatable bonds is 5. The maximum Gasteiger partial charge on any atom is 0.224 e. The van der Waals surface area contributed by atoms with Gasteiger partial charge in [-0.2, -0.15) is 0 Å². The van der Waals surface area contributed by atoms with E-state index in [1.165, 1.54) is 45.2 Å². The van der Waals surface area contributed by atoms with E-state index in [1.54, 1.807) is 0 Å². The molecule has 2 heterocycles. The van der Waals surface area contributed by atoms with Crippen LogP contribution in [0.15, 0.2) is 0 Å². The number of hydrogen-bond acceptors (Lipinski definition) is 3. The van der Waals surface area contributed by atoms with E-state index in [2.05, 4.69) is 17.3 Å². The zero-order chi connectivity index (χ0) is 17.6. The quantitative estimate of drug-likeness (QED) is 0.828. The Morgan fingerprint density at radius 3 is 2.32 bits per heavy atom. The summed E-state index contributed by atoms with van der Waals surface area (Å²) < 4.78 is 0. The summed E-state index contributed by atoms with van der Waals surface area (Å²) in [6.07, 6.45) is 9.81. The van der Waals surface area contributed by atoms with E-state index in [4.69, 9.17) is 0 Å². The highest BCUT2D eigenvalue weighted by atomic mass is 16.2.